The largest absolute Gasteiger partial charge is 0.494 e. The molecule has 2 aromatic carbocycles. The number of hydrogen-bond donors (Lipinski definition) is 1. The van der Waals surface area contributed by atoms with Crippen molar-refractivity contribution in [3.63, 3.8) is 0 Å². The van der Waals surface area contributed by atoms with E-state index in [4.69, 9.17) is 4.74 Å². The van der Waals surface area contributed by atoms with Crippen LogP contribution in [-0.4, -0.2) is 72.6 Å². The van der Waals surface area contributed by atoms with Gasteiger partial charge in [-0.3, -0.25) is 0 Å². The van der Waals surface area contributed by atoms with Crippen LogP contribution >= 0.6 is 0 Å². The molecule has 0 bridgehead atoms. The quantitative estimate of drug-likeness (QED) is 0.553. The summed E-state index contributed by atoms with van der Waals surface area (Å²) in [5.74, 6) is -0.136. The molecule has 1 aliphatic rings. The molecule has 2 heterocycles. The van der Waals surface area contributed by atoms with Crippen LogP contribution in [0.25, 0.3) is 10.9 Å². The molecule has 182 valence electrons. The summed E-state index contributed by atoms with van der Waals surface area (Å²) >= 11 is 0. The van der Waals surface area contributed by atoms with Gasteiger partial charge in [-0.2, -0.15) is 0 Å². The first-order valence-corrected chi connectivity index (χ1v) is 11.8. The summed E-state index contributed by atoms with van der Waals surface area (Å²) in [6.45, 7) is 5.70. The lowest BCUT2D eigenvalue weighted by molar-refractivity contribution is 0.0763. The molecule has 7 heteroatoms. The molecule has 1 aromatic heterocycles. The van der Waals surface area contributed by atoms with E-state index in [1.54, 1.807) is 11.0 Å². The van der Waals surface area contributed by atoms with Crippen LogP contribution in [0.3, 0.4) is 0 Å². The Morgan fingerprint density at radius 2 is 1.85 bits per heavy atom. The van der Waals surface area contributed by atoms with Crippen LogP contribution in [0.5, 0.6) is 5.75 Å². The van der Waals surface area contributed by atoms with E-state index in [1.165, 1.54) is 7.11 Å². The Morgan fingerprint density at radius 1 is 1.15 bits per heavy atom. The fraction of sp³-hybridized carbons (Fsp3) is 0.444. The molecule has 0 spiro atoms. The number of methoxy groups -OCH3 is 1. The topological polar surface area (TPSA) is 51.8 Å². The van der Waals surface area contributed by atoms with Crippen molar-refractivity contribution in [2.45, 2.75) is 38.3 Å². The summed E-state index contributed by atoms with van der Waals surface area (Å²) in [5, 5.41) is 0.551. The fourth-order valence-electron chi connectivity index (χ4n) is 5.11. The normalized spacial score (nSPS) is 17.2. The molecule has 2 amide bonds. The van der Waals surface area contributed by atoms with E-state index < -0.39 is 5.54 Å². The van der Waals surface area contributed by atoms with Crippen molar-refractivity contribution in [2.24, 2.45) is 0 Å². The molecule has 0 saturated heterocycles. The second kappa shape index (κ2) is 9.29. The van der Waals surface area contributed by atoms with Crippen LogP contribution in [0, 0.1) is 5.82 Å². The summed E-state index contributed by atoms with van der Waals surface area (Å²) in [6.07, 6.45) is 1.43. The number of benzene rings is 2. The van der Waals surface area contributed by atoms with E-state index in [2.05, 4.69) is 23.7 Å². The van der Waals surface area contributed by atoms with Gasteiger partial charge in [0.25, 0.3) is 0 Å². The Balaban J connectivity index is 1.84. The van der Waals surface area contributed by atoms with Crippen molar-refractivity contribution in [3.8, 4) is 5.75 Å². The predicted octanol–water partition coefficient (Wildman–Crippen LogP) is 5.05. The second-order valence-corrected chi connectivity index (χ2v) is 10.1. The minimum absolute atomic E-state index is 0.0278. The zero-order chi connectivity index (χ0) is 24.6. The first-order valence-electron chi connectivity index (χ1n) is 11.8. The maximum atomic E-state index is 15.4. The highest BCUT2D eigenvalue weighted by Crippen LogP contribution is 2.46. The number of nitrogens with one attached hydrogen (secondary N) is 1. The van der Waals surface area contributed by atoms with E-state index >= 15 is 4.39 Å². The molecule has 0 fully saturated rings. The van der Waals surface area contributed by atoms with Gasteiger partial charge in [0.2, 0.25) is 0 Å². The molecule has 0 radical (unpaired) electrons. The van der Waals surface area contributed by atoms with Gasteiger partial charge in [0.05, 0.1) is 13.2 Å². The van der Waals surface area contributed by atoms with Crippen LogP contribution in [0.2, 0.25) is 0 Å². The third kappa shape index (κ3) is 4.25. The number of ether oxygens (including phenoxy) is 1. The molecular weight excluding hydrogens is 431 g/mol. The second-order valence-electron chi connectivity index (χ2n) is 10.1. The lowest BCUT2D eigenvalue weighted by atomic mass is 9.81. The summed E-state index contributed by atoms with van der Waals surface area (Å²) < 4.78 is 20.7. The maximum absolute atomic E-state index is 15.4. The van der Waals surface area contributed by atoms with Gasteiger partial charge in [-0.1, -0.05) is 30.3 Å². The number of aromatic amines is 1. The van der Waals surface area contributed by atoms with Crippen molar-refractivity contribution in [1.29, 1.82) is 0 Å². The molecule has 0 aliphatic carbocycles. The first kappa shape index (κ1) is 24.1. The lowest BCUT2D eigenvalue weighted by Gasteiger charge is -2.49. The number of nitrogens with zero attached hydrogens (tertiary/aromatic N) is 3. The first-order chi connectivity index (χ1) is 16.2. The van der Waals surface area contributed by atoms with Crippen molar-refractivity contribution in [3.05, 3.63) is 65.1 Å². The van der Waals surface area contributed by atoms with Gasteiger partial charge in [-0.15, -0.1) is 0 Å². The van der Waals surface area contributed by atoms with Crippen molar-refractivity contribution in [1.82, 2.24) is 19.7 Å². The molecule has 0 saturated carbocycles. The van der Waals surface area contributed by atoms with Crippen LogP contribution in [-0.2, 0) is 6.42 Å². The average molecular weight is 467 g/mol. The molecule has 4 rings (SSSR count). The predicted molar refractivity (Wildman–Crippen MR) is 134 cm³/mol. The Bertz CT molecular complexity index is 1170. The number of halogens is 1. The molecule has 34 heavy (non-hydrogen) atoms. The number of carbonyl (C=O) groups excluding carboxylic acids is 1. The summed E-state index contributed by atoms with van der Waals surface area (Å²) in [6, 6.07) is 13.1. The maximum Gasteiger partial charge on any atom is 0.321 e. The van der Waals surface area contributed by atoms with E-state index in [9.17, 15) is 4.79 Å². The Morgan fingerprint density at radius 3 is 2.50 bits per heavy atom. The molecule has 1 atom stereocenters. The number of aromatic nitrogens is 1. The number of fused-ring (bicyclic) bond motifs is 3. The number of carbonyl (C=O) groups is 1. The monoisotopic (exact) mass is 466 g/mol. The van der Waals surface area contributed by atoms with Crippen LogP contribution in [0.4, 0.5) is 9.18 Å². The number of rotatable bonds is 6. The third-order valence-corrected chi connectivity index (χ3v) is 6.76. The van der Waals surface area contributed by atoms with Gasteiger partial charge in [-0.25, -0.2) is 9.18 Å². The number of H-pyrrole nitrogens is 1. The highest BCUT2D eigenvalue weighted by atomic mass is 19.1. The van der Waals surface area contributed by atoms with Gasteiger partial charge in [0.1, 0.15) is 0 Å². The SMILES string of the molecule is COc1ccc2[nH]c3c(c2c1F)CC(C)(C)N(C(=O)N(C)CCCN(C)C)[C@@H]3c1ccccc1. The van der Waals surface area contributed by atoms with Crippen molar-refractivity contribution < 1.29 is 13.9 Å². The van der Waals surface area contributed by atoms with E-state index in [1.807, 2.05) is 62.4 Å². The van der Waals surface area contributed by atoms with Gasteiger partial charge in [-0.05, 0) is 70.6 Å². The third-order valence-electron chi connectivity index (χ3n) is 6.76. The van der Waals surface area contributed by atoms with E-state index in [0.29, 0.717) is 23.9 Å². The fourth-order valence-corrected chi connectivity index (χ4v) is 5.11. The highest BCUT2D eigenvalue weighted by molar-refractivity contribution is 5.89. The van der Waals surface area contributed by atoms with Crippen molar-refractivity contribution >= 4 is 16.9 Å². The number of hydrogen-bond acceptors (Lipinski definition) is 3. The van der Waals surface area contributed by atoms with E-state index in [-0.39, 0.29) is 23.6 Å². The van der Waals surface area contributed by atoms with Gasteiger partial charge in [0.15, 0.2) is 11.6 Å². The zero-order valence-electron chi connectivity index (χ0n) is 21.0. The Labute approximate surface area is 201 Å². The highest BCUT2D eigenvalue weighted by Gasteiger charge is 2.46. The van der Waals surface area contributed by atoms with Crippen LogP contribution in [0.1, 0.15) is 43.1 Å². The average Bonchev–Trinajstić information content (AvgIpc) is 3.15. The van der Waals surface area contributed by atoms with Gasteiger partial charge in [0, 0.05) is 35.7 Å². The minimum atomic E-state index is -0.537. The smallest absolute Gasteiger partial charge is 0.321 e. The molecule has 1 N–H and O–H groups in total. The number of amides is 2. The minimum Gasteiger partial charge on any atom is -0.494 e. The lowest BCUT2D eigenvalue weighted by Crippen LogP contribution is -2.57. The van der Waals surface area contributed by atoms with Crippen LogP contribution < -0.4 is 4.74 Å². The van der Waals surface area contributed by atoms with Gasteiger partial charge >= 0.3 is 6.03 Å². The Kier molecular flexibility index (Phi) is 6.58. The van der Waals surface area contributed by atoms with Crippen LogP contribution in [0.15, 0.2) is 42.5 Å². The van der Waals surface area contributed by atoms with Gasteiger partial charge < -0.3 is 24.4 Å². The molecule has 6 nitrogen and oxygen atoms in total. The molecular formula is C27H35FN4O2. The zero-order valence-corrected chi connectivity index (χ0v) is 21.0. The summed E-state index contributed by atoms with van der Waals surface area (Å²) in [7, 11) is 7.41. The molecule has 0 unspecified atom stereocenters. The molecule has 1 aliphatic heterocycles. The van der Waals surface area contributed by atoms with E-state index in [0.717, 1.165) is 29.8 Å². The summed E-state index contributed by atoms with van der Waals surface area (Å²) in [5.41, 5.74) is 2.94. The summed E-state index contributed by atoms with van der Waals surface area (Å²) in [4.78, 5) is 23.2. The Hall–Kier alpha value is -3.06. The standard InChI is InChI=1S/C27H35FN4O2/c1-27(2)17-19-22-20(13-14-21(34-6)23(22)28)29-24(19)25(18-11-8-7-9-12-18)32(27)26(33)31(5)16-10-15-30(3)4/h7-9,11-14,25,29H,10,15-17H2,1-6H3/t25-/m1/s1. The molecule has 3 aromatic rings. The van der Waals surface area contributed by atoms with Crippen molar-refractivity contribution in [2.75, 3.05) is 41.3 Å². The number of urea groups is 1.